The lowest BCUT2D eigenvalue weighted by molar-refractivity contribution is -0.149. The minimum atomic E-state index is -2.86. The summed E-state index contributed by atoms with van der Waals surface area (Å²) in [6.45, 7) is 2.67. The van der Waals surface area contributed by atoms with Crippen molar-refractivity contribution in [2.75, 3.05) is 0 Å². The van der Waals surface area contributed by atoms with Crippen molar-refractivity contribution in [2.24, 2.45) is 46.3 Å². The number of aliphatic hydroxyl groups is 1. The topological polar surface area (TPSA) is 46.5 Å². The molecule has 3 fully saturated rings. The first-order valence-electron chi connectivity index (χ1n) is 16.4. The van der Waals surface area contributed by atoms with Crippen LogP contribution in [-0.4, -0.2) is 23.3 Å². The van der Waals surface area contributed by atoms with Gasteiger partial charge in [0.25, 0.3) is 0 Å². The van der Waals surface area contributed by atoms with E-state index in [9.17, 15) is 9.90 Å². The van der Waals surface area contributed by atoms with Gasteiger partial charge in [-0.25, -0.2) is 0 Å². The summed E-state index contributed by atoms with van der Waals surface area (Å²) in [7, 11) is 0. The summed E-state index contributed by atoms with van der Waals surface area (Å²) < 4.78 is 60.1. The van der Waals surface area contributed by atoms with E-state index in [1.165, 1.54) is 12.5 Å². The first-order valence-corrected chi connectivity index (χ1v) is 12.9. The number of carbonyl (C=O) groups is 1. The van der Waals surface area contributed by atoms with Crippen LogP contribution in [-0.2, 0) is 9.53 Å². The van der Waals surface area contributed by atoms with Gasteiger partial charge in [-0.1, -0.05) is 65.4 Å². The predicted molar refractivity (Wildman–Crippen MR) is 130 cm³/mol. The number of rotatable bonds is 6. The SMILES string of the molecule is [2H]C([2H])([2H])C([2H])(CCC[C@@H](C)[C@H]1CC[C@H]2[C@@H]3[C@@H](O)C=C4C[C@@H](OC(C)=O)CC[C@]4(C)[C@H]3CC[C@]12C)C([2H])([2H])[2H]. The van der Waals surface area contributed by atoms with Crippen molar-refractivity contribution in [3.05, 3.63) is 11.6 Å². The molecule has 9 atom stereocenters. The fourth-order valence-corrected chi connectivity index (χ4v) is 8.73. The van der Waals surface area contributed by atoms with E-state index < -0.39 is 25.7 Å². The van der Waals surface area contributed by atoms with E-state index in [1.807, 2.05) is 0 Å². The van der Waals surface area contributed by atoms with Crippen LogP contribution in [0, 0.1) is 46.3 Å². The molecule has 4 aliphatic rings. The molecule has 4 rings (SSSR count). The Balaban J connectivity index is 1.46. The molecule has 0 unspecified atom stereocenters. The Labute approximate surface area is 206 Å². The number of hydrogen-bond acceptors (Lipinski definition) is 3. The second-order valence-corrected chi connectivity index (χ2v) is 11.9. The standard InChI is InChI=1S/C29H48O3/c1-18(2)8-7-9-19(3)23-10-11-24-27-25(13-15-29(23,24)6)28(5)14-12-22(32-20(4)30)16-21(28)17-26(27)31/h17-19,22-27,31H,7-16H2,1-6H3/t19-,22+,23-,24+,25+,26+,27+,28+,29-/m1/s1/i1D3,2D3,18D. The molecule has 0 bridgehead atoms. The van der Waals surface area contributed by atoms with E-state index in [4.69, 9.17) is 14.3 Å². The van der Waals surface area contributed by atoms with Crippen LogP contribution < -0.4 is 0 Å². The molecule has 3 nitrogen and oxygen atoms in total. The first-order chi connectivity index (χ1) is 17.8. The quantitative estimate of drug-likeness (QED) is 0.352. The number of fused-ring (bicyclic) bond motifs is 5. The maximum atomic E-state index is 11.5. The fraction of sp³-hybridized carbons (Fsp3) is 0.897. The zero-order chi connectivity index (χ0) is 29.2. The van der Waals surface area contributed by atoms with E-state index in [2.05, 4.69) is 26.8 Å². The molecule has 3 saturated carbocycles. The Hall–Kier alpha value is -0.830. The average molecular weight is 452 g/mol. The van der Waals surface area contributed by atoms with E-state index in [-0.39, 0.29) is 41.2 Å². The maximum Gasteiger partial charge on any atom is 0.302 e. The van der Waals surface area contributed by atoms with Gasteiger partial charge in [0.15, 0.2) is 0 Å². The van der Waals surface area contributed by atoms with Gasteiger partial charge in [-0.3, -0.25) is 4.79 Å². The van der Waals surface area contributed by atoms with Crippen molar-refractivity contribution in [2.45, 2.75) is 118 Å². The van der Waals surface area contributed by atoms with Crippen molar-refractivity contribution in [1.82, 2.24) is 0 Å². The largest absolute Gasteiger partial charge is 0.462 e. The van der Waals surface area contributed by atoms with Gasteiger partial charge < -0.3 is 9.84 Å². The van der Waals surface area contributed by atoms with Crippen molar-refractivity contribution in [1.29, 1.82) is 0 Å². The summed E-state index contributed by atoms with van der Waals surface area (Å²) in [5.41, 5.74) is 1.35. The number of aliphatic hydroxyl groups excluding tert-OH is 1. The lowest BCUT2D eigenvalue weighted by Crippen LogP contribution is -2.55. The van der Waals surface area contributed by atoms with E-state index in [0.717, 1.165) is 38.5 Å². The molecule has 0 aromatic carbocycles. The van der Waals surface area contributed by atoms with Gasteiger partial charge in [-0.2, -0.15) is 0 Å². The molecular formula is C29H48O3. The molecule has 0 heterocycles. The number of hydrogen-bond donors (Lipinski definition) is 1. The molecular weight excluding hydrogens is 396 g/mol. The van der Waals surface area contributed by atoms with Gasteiger partial charge in [0.1, 0.15) is 6.10 Å². The summed E-state index contributed by atoms with van der Waals surface area (Å²) in [5, 5.41) is 11.5. The van der Waals surface area contributed by atoms with E-state index >= 15 is 0 Å². The Bertz CT molecular complexity index is 946. The van der Waals surface area contributed by atoms with Crippen molar-refractivity contribution >= 4 is 5.97 Å². The maximum absolute atomic E-state index is 11.5. The zero-order valence-corrected chi connectivity index (χ0v) is 20.5. The average Bonchev–Trinajstić information content (AvgIpc) is 3.15. The van der Waals surface area contributed by atoms with Crippen LogP contribution in [0.4, 0.5) is 0 Å². The molecule has 0 saturated heterocycles. The van der Waals surface area contributed by atoms with Gasteiger partial charge in [0, 0.05) is 22.9 Å². The normalized spacial score (nSPS) is 48.7. The summed E-state index contributed by atoms with van der Waals surface area (Å²) >= 11 is 0. The highest BCUT2D eigenvalue weighted by molar-refractivity contribution is 5.66. The van der Waals surface area contributed by atoms with Crippen LogP contribution in [0.2, 0.25) is 0 Å². The number of esters is 1. The van der Waals surface area contributed by atoms with Gasteiger partial charge in [0.05, 0.1) is 6.10 Å². The summed E-state index contributed by atoms with van der Waals surface area (Å²) in [6, 6.07) is 0. The van der Waals surface area contributed by atoms with Crippen molar-refractivity contribution < 1.29 is 24.2 Å². The van der Waals surface area contributed by atoms with Gasteiger partial charge in [-0.15, -0.1) is 0 Å². The predicted octanol–water partition coefficient (Wildman–Crippen LogP) is 6.93. The lowest BCUT2D eigenvalue weighted by Gasteiger charge is -2.59. The van der Waals surface area contributed by atoms with Crippen LogP contribution in [0.1, 0.15) is 115 Å². The van der Waals surface area contributed by atoms with Crippen LogP contribution in [0.25, 0.3) is 0 Å². The highest BCUT2D eigenvalue weighted by atomic mass is 16.5. The molecule has 0 radical (unpaired) electrons. The lowest BCUT2D eigenvalue weighted by atomic mass is 9.46. The van der Waals surface area contributed by atoms with Crippen molar-refractivity contribution in [3.8, 4) is 0 Å². The molecule has 0 spiro atoms. The molecule has 182 valence electrons. The second kappa shape index (κ2) is 9.08. The second-order valence-electron chi connectivity index (χ2n) is 11.9. The monoisotopic (exact) mass is 451 g/mol. The van der Waals surface area contributed by atoms with Crippen LogP contribution in [0.3, 0.4) is 0 Å². The highest BCUT2D eigenvalue weighted by Crippen LogP contribution is 2.67. The Morgan fingerprint density at radius 2 is 2.00 bits per heavy atom. The molecule has 3 heteroatoms. The molecule has 0 amide bonds. The molecule has 1 N–H and O–H groups in total. The third kappa shape index (κ3) is 4.21. The molecule has 0 aromatic heterocycles. The third-order valence-corrected chi connectivity index (χ3v) is 10.3. The van der Waals surface area contributed by atoms with Crippen LogP contribution in [0.15, 0.2) is 11.6 Å². The zero-order valence-electron chi connectivity index (χ0n) is 27.5. The number of carbonyl (C=O) groups excluding carboxylic acids is 1. The van der Waals surface area contributed by atoms with Gasteiger partial charge in [0.2, 0.25) is 0 Å². The fourth-order valence-electron chi connectivity index (χ4n) is 8.73. The molecule has 0 aliphatic heterocycles. The third-order valence-electron chi connectivity index (χ3n) is 10.3. The molecule has 0 aromatic rings. The smallest absolute Gasteiger partial charge is 0.302 e. The molecule has 4 aliphatic carbocycles. The van der Waals surface area contributed by atoms with Gasteiger partial charge >= 0.3 is 5.97 Å². The summed E-state index contributed by atoms with van der Waals surface area (Å²) in [6.07, 6.45) is 9.22. The minimum Gasteiger partial charge on any atom is -0.462 e. The van der Waals surface area contributed by atoms with Gasteiger partial charge in [-0.05, 0) is 84.8 Å². The van der Waals surface area contributed by atoms with E-state index in [1.54, 1.807) is 0 Å². The Morgan fingerprint density at radius 1 is 1.22 bits per heavy atom. The Morgan fingerprint density at radius 3 is 2.72 bits per heavy atom. The van der Waals surface area contributed by atoms with Crippen LogP contribution in [0.5, 0.6) is 0 Å². The summed E-state index contributed by atoms with van der Waals surface area (Å²) in [4.78, 5) is 11.5. The van der Waals surface area contributed by atoms with Crippen LogP contribution >= 0.6 is 0 Å². The Kier molecular flexibility index (Phi) is 4.75. The number of ether oxygens (including phenoxy) is 1. The first kappa shape index (κ1) is 16.7. The minimum absolute atomic E-state index is 0.0214. The summed E-state index contributed by atoms with van der Waals surface area (Å²) in [5.74, 6) is -0.972. The molecule has 32 heavy (non-hydrogen) atoms. The van der Waals surface area contributed by atoms with E-state index in [0.29, 0.717) is 37.0 Å². The van der Waals surface area contributed by atoms with Crippen molar-refractivity contribution in [3.63, 3.8) is 0 Å². The highest BCUT2D eigenvalue weighted by Gasteiger charge is 2.61.